The van der Waals surface area contributed by atoms with Gasteiger partial charge in [-0.3, -0.25) is 19.7 Å². The van der Waals surface area contributed by atoms with E-state index < -0.39 is 28.6 Å². The van der Waals surface area contributed by atoms with Gasteiger partial charge in [0.05, 0.1) is 4.92 Å². The number of hydrogen-bond acceptors (Lipinski definition) is 5. The molecule has 0 aliphatic carbocycles. The van der Waals surface area contributed by atoms with Crippen LogP contribution in [0.25, 0.3) is 0 Å². The molecule has 0 aliphatic heterocycles. The van der Waals surface area contributed by atoms with Gasteiger partial charge in [-0.1, -0.05) is 18.2 Å². The molecular formula is C21H20FN5O4. The highest BCUT2D eigenvalue weighted by molar-refractivity contribution is 5.94. The van der Waals surface area contributed by atoms with Crippen molar-refractivity contribution in [3.05, 3.63) is 93.8 Å². The number of non-ortho nitro benzene ring substituents is 1. The molecule has 3 rings (SSSR count). The van der Waals surface area contributed by atoms with Crippen LogP contribution in [0.2, 0.25) is 0 Å². The molecule has 3 aromatic rings. The summed E-state index contributed by atoms with van der Waals surface area (Å²) in [6.45, 7) is 0.0339. The van der Waals surface area contributed by atoms with Gasteiger partial charge in [0.2, 0.25) is 5.91 Å². The zero-order valence-corrected chi connectivity index (χ0v) is 16.6. The van der Waals surface area contributed by atoms with Crippen LogP contribution in [0.5, 0.6) is 0 Å². The number of carbonyl (C=O) groups is 2. The van der Waals surface area contributed by atoms with Crippen LogP contribution >= 0.6 is 0 Å². The van der Waals surface area contributed by atoms with Gasteiger partial charge in [0, 0.05) is 55.7 Å². The third-order valence-corrected chi connectivity index (χ3v) is 4.62. The summed E-state index contributed by atoms with van der Waals surface area (Å²) in [5.41, 5.74) is 0.396. The Kier molecular flexibility index (Phi) is 6.71. The Labute approximate surface area is 177 Å². The van der Waals surface area contributed by atoms with Crippen molar-refractivity contribution in [2.45, 2.75) is 12.5 Å². The smallest absolute Gasteiger partial charge is 0.269 e. The zero-order valence-electron chi connectivity index (χ0n) is 16.6. The normalized spacial score (nSPS) is 11.5. The molecule has 1 unspecified atom stereocenters. The number of nitrogens with zero attached hydrogens (tertiary/aromatic N) is 3. The molecule has 160 valence electrons. The van der Waals surface area contributed by atoms with Gasteiger partial charge in [-0.2, -0.15) is 0 Å². The number of nitro groups is 1. The van der Waals surface area contributed by atoms with Crippen molar-refractivity contribution in [1.29, 1.82) is 0 Å². The highest BCUT2D eigenvalue weighted by atomic mass is 19.1. The van der Waals surface area contributed by atoms with E-state index in [1.54, 1.807) is 42.2 Å². The van der Waals surface area contributed by atoms with Gasteiger partial charge in [0.15, 0.2) is 0 Å². The van der Waals surface area contributed by atoms with Gasteiger partial charge in [-0.25, -0.2) is 9.37 Å². The molecule has 2 aromatic carbocycles. The van der Waals surface area contributed by atoms with Crippen LogP contribution in [0.4, 0.5) is 10.1 Å². The highest BCUT2D eigenvalue weighted by Gasteiger charge is 2.23. The summed E-state index contributed by atoms with van der Waals surface area (Å²) in [6, 6.07) is 10.5. The maximum absolute atomic E-state index is 14.4. The predicted molar refractivity (Wildman–Crippen MR) is 110 cm³/mol. The lowest BCUT2D eigenvalue weighted by Gasteiger charge is -2.20. The first-order valence-corrected chi connectivity index (χ1v) is 9.40. The van der Waals surface area contributed by atoms with E-state index in [9.17, 15) is 24.1 Å². The first-order valence-electron chi connectivity index (χ1n) is 9.40. The van der Waals surface area contributed by atoms with Crippen LogP contribution in [-0.4, -0.2) is 32.8 Å². The Morgan fingerprint density at radius 3 is 2.52 bits per heavy atom. The van der Waals surface area contributed by atoms with Crippen LogP contribution in [0.3, 0.4) is 0 Å². The molecule has 2 N–H and O–H groups in total. The number of nitrogens with one attached hydrogen (secondary N) is 2. The number of carbonyl (C=O) groups excluding carboxylic acids is 2. The summed E-state index contributed by atoms with van der Waals surface area (Å²) in [4.78, 5) is 39.0. The Bertz CT molecular complexity index is 1100. The molecule has 2 amide bonds. The predicted octanol–water partition coefficient (Wildman–Crippen LogP) is 2.49. The van der Waals surface area contributed by atoms with E-state index in [1.165, 1.54) is 30.3 Å². The van der Waals surface area contributed by atoms with Crippen LogP contribution in [0.15, 0.2) is 60.9 Å². The quantitative estimate of drug-likeness (QED) is 0.425. The van der Waals surface area contributed by atoms with Crippen LogP contribution in [0, 0.1) is 15.9 Å². The highest BCUT2D eigenvalue weighted by Crippen LogP contribution is 2.23. The molecule has 1 aromatic heterocycles. The van der Waals surface area contributed by atoms with E-state index in [4.69, 9.17) is 0 Å². The minimum absolute atomic E-state index is 0.0339. The number of benzene rings is 2. The third-order valence-electron chi connectivity index (χ3n) is 4.62. The molecule has 0 fully saturated rings. The van der Waals surface area contributed by atoms with Crippen LogP contribution in [0.1, 0.15) is 34.2 Å². The number of rotatable bonds is 8. The van der Waals surface area contributed by atoms with Crippen LogP contribution in [-0.2, 0) is 11.8 Å². The molecule has 0 radical (unpaired) electrons. The fourth-order valence-corrected chi connectivity index (χ4v) is 3.01. The van der Waals surface area contributed by atoms with Crippen molar-refractivity contribution in [3.63, 3.8) is 0 Å². The first-order chi connectivity index (χ1) is 14.9. The van der Waals surface area contributed by atoms with Gasteiger partial charge >= 0.3 is 0 Å². The van der Waals surface area contributed by atoms with Gasteiger partial charge in [-0.15, -0.1) is 0 Å². The zero-order chi connectivity index (χ0) is 22.4. The minimum atomic E-state index is -0.793. The first kappa shape index (κ1) is 21.6. The topological polar surface area (TPSA) is 119 Å². The molecular weight excluding hydrogens is 405 g/mol. The van der Waals surface area contributed by atoms with Crippen molar-refractivity contribution in [2.24, 2.45) is 7.05 Å². The Hall–Kier alpha value is -4.08. The second-order valence-corrected chi connectivity index (χ2v) is 6.73. The molecule has 0 bridgehead atoms. The molecule has 0 spiro atoms. The summed E-state index contributed by atoms with van der Waals surface area (Å²) < 4.78 is 16.0. The lowest BCUT2D eigenvalue weighted by molar-refractivity contribution is -0.384. The average Bonchev–Trinajstić information content (AvgIpc) is 3.18. The Morgan fingerprint density at radius 1 is 1.19 bits per heavy atom. The van der Waals surface area contributed by atoms with Crippen LogP contribution < -0.4 is 10.6 Å². The molecule has 0 saturated heterocycles. The second kappa shape index (κ2) is 9.61. The Balaban J connectivity index is 1.61. The third kappa shape index (κ3) is 5.30. The molecule has 1 heterocycles. The van der Waals surface area contributed by atoms with Gasteiger partial charge in [-0.05, 0) is 18.2 Å². The average molecular weight is 425 g/mol. The van der Waals surface area contributed by atoms with E-state index in [-0.39, 0.29) is 29.8 Å². The number of amides is 2. The number of nitro benzene ring substituents is 1. The SMILES string of the molecule is Cn1ccnc1C(NC(=O)CCNC(=O)c1ccc([N+](=O)[O-])cc1)c1ccccc1F. The summed E-state index contributed by atoms with van der Waals surface area (Å²) in [7, 11) is 1.74. The molecule has 0 aliphatic rings. The molecule has 31 heavy (non-hydrogen) atoms. The number of aromatic nitrogens is 2. The largest absolute Gasteiger partial charge is 0.352 e. The van der Waals surface area contributed by atoms with E-state index in [1.807, 2.05) is 0 Å². The molecule has 9 nitrogen and oxygen atoms in total. The van der Waals surface area contributed by atoms with Gasteiger partial charge in [0.25, 0.3) is 11.6 Å². The number of aryl methyl sites for hydroxylation is 1. The number of imidazole rings is 1. The minimum Gasteiger partial charge on any atom is -0.352 e. The van der Waals surface area contributed by atoms with Crippen molar-refractivity contribution in [1.82, 2.24) is 20.2 Å². The van der Waals surface area contributed by atoms with E-state index in [0.29, 0.717) is 5.82 Å². The fourth-order valence-electron chi connectivity index (χ4n) is 3.01. The summed E-state index contributed by atoms with van der Waals surface area (Å²) in [5.74, 6) is -0.867. The van der Waals surface area contributed by atoms with Crippen molar-refractivity contribution < 1.29 is 18.9 Å². The maximum Gasteiger partial charge on any atom is 0.269 e. The monoisotopic (exact) mass is 425 g/mol. The van der Waals surface area contributed by atoms with E-state index in [2.05, 4.69) is 15.6 Å². The molecule has 1 atom stereocenters. The fraction of sp³-hybridized carbons (Fsp3) is 0.190. The number of hydrogen-bond donors (Lipinski definition) is 2. The summed E-state index contributed by atoms with van der Waals surface area (Å²) >= 11 is 0. The van der Waals surface area contributed by atoms with Crippen molar-refractivity contribution in [2.75, 3.05) is 6.54 Å². The maximum atomic E-state index is 14.4. The number of halogens is 1. The van der Waals surface area contributed by atoms with E-state index in [0.717, 1.165) is 0 Å². The second-order valence-electron chi connectivity index (χ2n) is 6.73. The van der Waals surface area contributed by atoms with E-state index >= 15 is 0 Å². The van der Waals surface area contributed by atoms with Crippen molar-refractivity contribution >= 4 is 17.5 Å². The molecule has 10 heteroatoms. The summed E-state index contributed by atoms with van der Waals surface area (Å²) in [6.07, 6.45) is 3.20. The standard InChI is InChI=1S/C21H20FN5O4/c1-26-13-12-23-20(26)19(16-4-2-3-5-17(16)22)25-18(28)10-11-24-21(29)14-6-8-15(9-7-14)27(30)31/h2-9,12-13,19H,10-11H2,1H3,(H,24,29)(H,25,28). The van der Waals surface area contributed by atoms with Crippen molar-refractivity contribution in [3.8, 4) is 0 Å². The lowest BCUT2D eigenvalue weighted by atomic mass is 10.1. The lowest BCUT2D eigenvalue weighted by Crippen LogP contribution is -2.34. The van der Waals surface area contributed by atoms with Gasteiger partial charge < -0.3 is 15.2 Å². The Morgan fingerprint density at radius 2 is 1.90 bits per heavy atom. The summed E-state index contributed by atoms with van der Waals surface area (Å²) in [5, 5.41) is 16.0. The van der Waals surface area contributed by atoms with Gasteiger partial charge in [0.1, 0.15) is 17.7 Å². The molecule has 0 saturated carbocycles.